The average molecular weight is 1130 g/mol. The third-order valence-corrected chi connectivity index (χ3v) is 16.3. The zero-order valence-corrected chi connectivity index (χ0v) is 51.8. The van der Waals surface area contributed by atoms with Crippen LogP contribution in [-0.2, 0) is 14.3 Å². The van der Waals surface area contributed by atoms with E-state index in [0.717, 1.165) is 51.4 Å². The molecular formula is C69H129NO10. The summed E-state index contributed by atoms with van der Waals surface area (Å²) in [6.45, 7) is 3.48. The molecule has 1 rings (SSSR count). The maximum atomic E-state index is 13.2. The van der Waals surface area contributed by atoms with Gasteiger partial charge in [0.15, 0.2) is 6.29 Å². The van der Waals surface area contributed by atoms with Crippen molar-refractivity contribution in [2.45, 2.75) is 371 Å². The predicted octanol–water partition coefficient (Wildman–Crippen LogP) is 16.0. The minimum Gasteiger partial charge on any atom is -0.394 e. The second kappa shape index (κ2) is 57.5. The summed E-state index contributed by atoms with van der Waals surface area (Å²) in [5.41, 5.74) is 0. The molecule has 1 saturated heterocycles. The Morgan fingerprint density at radius 1 is 0.425 bits per heavy atom. The van der Waals surface area contributed by atoms with Crippen LogP contribution in [0.15, 0.2) is 48.6 Å². The zero-order valence-electron chi connectivity index (χ0n) is 51.8. The number of hydrogen-bond acceptors (Lipinski definition) is 10. The van der Waals surface area contributed by atoms with Crippen molar-refractivity contribution in [3.8, 4) is 0 Å². The van der Waals surface area contributed by atoms with Crippen LogP contribution in [0.3, 0.4) is 0 Å². The lowest BCUT2D eigenvalue weighted by Crippen LogP contribution is -2.60. The van der Waals surface area contributed by atoms with Crippen molar-refractivity contribution in [2.75, 3.05) is 13.2 Å². The van der Waals surface area contributed by atoms with Crippen molar-refractivity contribution in [2.24, 2.45) is 0 Å². The van der Waals surface area contributed by atoms with Crippen molar-refractivity contribution >= 4 is 5.91 Å². The number of carbonyl (C=O) groups excluding carboxylic acids is 1. The first-order valence-corrected chi connectivity index (χ1v) is 34.0. The number of unbranched alkanes of at least 4 members (excludes halogenated alkanes) is 39. The maximum Gasteiger partial charge on any atom is 0.249 e. The quantitative estimate of drug-likeness (QED) is 0.0215. The van der Waals surface area contributed by atoms with Gasteiger partial charge in [-0.1, -0.05) is 274 Å². The first-order valence-electron chi connectivity index (χ1n) is 34.0. The van der Waals surface area contributed by atoms with Crippen LogP contribution in [0, 0.1) is 0 Å². The molecule has 0 bridgehead atoms. The molecule has 0 radical (unpaired) electrons. The summed E-state index contributed by atoms with van der Waals surface area (Å²) in [7, 11) is 0. The molecular weight excluding hydrogens is 1000 g/mol. The summed E-state index contributed by atoms with van der Waals surface area (Å²) in [4.78, 5) is 13.2. The Morgan fingerprint density at radius 2 is 0.750 bits per heavy atom. The fourth-order valence-corrected chi connectivity index (χ4v) is 10.8. The molecule has 0 aromatic rings. The van der Waals surface area contributed by atoms with Crippen LogP contribution in [0.4, 0.5) is 0 Å². The first-order chi connectivity index (χ1) is 39.2. The van der Waals surface area contributed by atoms with Gasteiger partial charge in [0.2, 0.25) is 5.91 Å². The number of nitrogens with one attached hydrogen (secondary N) is 1. The molecule has 1 aliphatic heterocycles. The largest absolute Gasteiger partial charge is 0.394 e. The lowest BCUT2D eigenvalue weighted by Gasteiger charge is -2.40. The van der Waals surface area contributed by atoms with E-state index < -0.39 is 74.2 Å². The SMILES string of the molecule is CCCCCCCCCCCCCC/C=C\CCCCCCCCCCC(O)C(=O)NC(COC1OC(CO)C(O)C(O)C1O)C(O)C(O)CCC/C=C/CC/C=C/CC/C=C/CCCCCCCCCCCCCCCCCC. The van der Waals surface area contributed by atoms with Gasteiger partial charge in [0.25, 0.3) is 0 Å². The second-order valence-electron chi connectivity index (χ2n) is 23.9. The van der Waals surface area contributed by atoms with Gasteiger partial charge in [-0.3, -0.25) is 4.79 Å². The highest BCUT2D eigenvalue weighted by atomic mass is 16.7. The Kier molecular flexibility index (Phi) is 54.7. The number of hydrogen-bond donors (Lipinski definition) is 8. The van der Waals surface area contributed by atoms with Crippen molar-refractivity contribution in [1.29, 1.82) is 0 Å². The van der Waals surface area contributed by atoms with E-state index in [2.05, 4.69) is 67.8 Å². The van der Waals surface area contributed by atoms with Crippen LogP contribution < -0.4 is 5.32 Å². The zero-order chi connectivity index (χ0) is 58.2. The van der Waals surface area contributed by atoms with Gasteiger partial charge in [-0.15, -0.1) is 0 Å². The summed E-state index contributed by atoms with van der Waals surface area (Å²) >= 11 is 0. The lowest BCUT2D eigenvalue weighted by atomic mass is 9.98. The molecule has 0 aromatic heterocycles. The molecule has 9 atom stereocenters. The normalized spacial score (nSPS) is 19.5. The second-order valence-corrected chi connectivity index (χ2v) is 23.9. The van der Waals surface area contributed by atoms with Crippen molar-refractivity contribution < 1.29 is 50.0 Å². The van der Waals surface area contributed by atoms with Crippen LogP contribution in [0.25, 0.3) is 0 Å². The third-order valence-electron chi connectivity index (χ3n) is 16.3. The summed E-state index contributed by atoms with van der Waals surface area (Å²) in [6.07, 6.45) is 63.3. The number of aliphatic hydroxyl groups is 7. The van der Waals surface area contributed by atoms with Crippen molar-refractivity contribution in [3.05, 3.63) is 48.6 Å². The summed E-state index contributed by atoms with van der Waals surface area (Å²) in [6, 6.07) is -1.20. The molecule has 0 saturated carbocycles. The van der Waals surface area contributed by atoms with Gasteiger partial charge in [0, 0.05) is 0 Å². The van der Waals surface area contributed by atoms with Crippen LogP contribution in [0.5, 0.6) is 0 Å². The molecule has 8 N–H and O–H groups in total. The summed E-state index contributed by atoms with van der Waals surface area (Å²) in [5.74, 6) is -0.712. The summed E-state index contributed by atoms with van der Waals surface area (Å²) < 4.78 is 11.2. The molecule has 80 heavy (non-hydrogen) atoms. The molecule has 11 heteroatoms. The molecule has 1 amide bonds. The van der Waals surface area contributed by atoms with Gasteiger partial charge < -0.3 is 50.5 Å². The number of aliphatic hydroxyl groups excluding tert-OH is 7. The Labute approximate surface area is 491 Å². The molecule has 11 nitrogen and oxygen atoms in total. The van der Waals surface area contributed by atoms with Gasteiger partial charge >= 0.3 is 0 Å². The standard InChI is InChI=1S/C69H129NO10/c1-3-5-7-9-11-13-15-17-19-21-23-25-27-29-30-31-32-33-35-36-38-40-42-44-46-48-50-52-54-56-61(72)64(74)60(59-79-69-67(77)66(76)65(75)63(58-71)80-69)70-68(78)62(73)57-55-53-51-49-47-45-43-41-39-37-34-28-26-24-22-20-18-16-14-12-10-8-6-4-2/h33-35,37,40,42,48,50,60-67,69,71-77H,3-32,36,38-39,41,43-47,49,51-59H2,1-2H3,(H,70,78)/b35-33+,37-34-,42-40+,50-48+. The summed E-state index contributed by atoms with van der Waals surface area (Å²) in [5, 5.41) is 76.4. The van der Waals surface area contributed by atoms with Crippen LogP contribution in [-0.4, -0.2) is 110 Å². The molecule has 470 valence electrons. The molecule has 9 unspecified atom stereocenters. The Hall–Kier alpha value is -1.93. The van der Waals surface area contributed by atoms with Crippen LogP contribution in [0.2, 0.25) is 0 Å². The fourth-order valence-electron chi connectivity index (χ4n) is 10.8. The number of rotatable bonds is 59. The van der Waals surface area contributed by atoms with E-state index in [1.807, 2.05) is 0 Å². The highest BCUT2D eigenvalue weighted by molar-refractivity contribution is 5.80. The third kappa shape index (κ3) is 44.6. The van der Waals surface area contributed by atoms with Gasteiger partial charge in [0.1, 0.15) is 36.6 Å². The highest BCUT2D eigenvalue weighted by Crippen LogP contribution is 2.24. The Morgan fingerprint density at radius 3 is 1.11 bits per heavy atom. The maximum absolute atomic E-state index is 13.2. The number of ether oxygens (including phenoxy) is 2. The van der Waals surface area contributed by atoms with Gasteiger partial charge in [-0.2, -0.15) is 0 Å². The Bertz CT molecular complexity index is 1440. The van der Waals surface area contributed by atoms with E-state index in [0.29, 0.717) is 19.3 Å². The van der Waals surface area contributed by atoms with Gasteiger partial charge in [-0.25, -0.2) is 0 Å². The minimum absolute atomic E-state index is 0.240. The van der Waals surface area contributed by atoms with Crippen molar-refractivity contribution in [3.63, 3.8) is 0 Å². The number of amides is 1. The smallest absolute Gasteiger partial charge is 0.249 e. The lowest BCUT2D eigenvalue weighted by molar-refractivity contribution is -0.303. The van der Waals surface area contributed by atoms with Crippen molar-refractivity contribution in [1.82, 2.24) is 5.32 Å². The number of allylic oxidation sites excluding steroid dienone is 8. The molecule has 0 spiro atoms. The fraction of sp³-hybridized carbons (Fsp3) is 0.870. The van der Waals surface area contributed by atoms with E-state index in [1.54, 1.807) is 0 Å². The molecule has 0 aliphatic carbocycles. The topological polar surface area (TPSA) is 189 Å². The molecule has 1 aliphatic rings. The molecule has 1 heterocycles. The monoisotopic (exact) mass is 1130 g/mol. The van der Waals surface area contributed by atoms with Crippen LogP contribution in [0.1, 0.15) is 316 Å². The van der Waals surface area contributed by atoms with Crippen LogP contribution >= 0.6 is 0 Å². The number of carbonyl (C=O) groups is 1. The van der Waals surface area contributed by atoms with E-state index in [4.69, 9.17) is 9.47 Å². The molecule has 0 aromatic carbocycles. The highest BCUT2D eigenvalue weighted by Gasteiger charge is 2.44. The van der Waals surface area contributed by atoms with E-state index in [9.17, 15) is 40.5 Å². The molecule has 1 fully saturated rings. The van der Waals surface area contributed by atoms with E-state index >= 15 is 0 Å². The van der Waals surface area contributed by atoms with E-state index in [-0.39, 0.29) is 12.8 Å². The Balaban J connectivity index is 2.27. The minimum atomic E-state index is -1.68. The predicted molar refractivity (Wildman–Crippen MR) is 335 cm³/mol. The van der Waals surface area contributed by atoms with Gasteiger partial charge in [0.05, 0.1) is 25.4 Å². The van der Waals surface area contributed by atoms with Gasteiger partial charge in [-0.05, 0) is 89.9 Å². The first kappa shape index (κ1) is 76.1. The average Bonchev–Trinajstić information content (AvgIpc) is 3.46. The van der Waals surface area contributed by atoms with E-state index in [1.165, 1.54) is 218 Å².